The van der Waals surface area contributed by atoms with Gasteiger partial charge in [0, 0.05) is 35.2 Å². The summed E-state index contributed by atoms with van der Waals surface area (Å²) in [5.41, 5.74) is 2.33. The third kappa shape index (κ3) is 2.82. The fourth-order valence-corrected chi connectivity index (χ4v) is 4.38. The third-order valence-corrected chi connectivity index (χ3v) is 6.44. The lowest BCUT2D eigenvalue weighted by Crippen LogP contribution is -2.38. The Morgan fingerprint density at radius 2 is 2.05 bits per heavy atom. The van der Waals surface area contributed by atoms with Gasteiger partial charge < -0.3 is 4.98 Å². The van der Waals surface area contributed by atoms with Gasteiger partial charge in [-0.3, -0.25) is 0 Å². The van der Waals surface area contributed by atoms with Crippen LogP contribution in [0.25, 0.3) is 10.9 Å². The lowest BCUT2D eigenvalue weighted by molar-refractivity contribution is 0.321. The van der Waals surface area contributed by atoms with E-state index in [0.717, 1.165) is 28.8 Å². The summed E-state index contributed by atoms with van der Waals surface area (Å²) in [6.07, 6.45) is 3.76. The monoisotopic (exact) mass is 326 g/mol. The van der Waals surface area contributed by atoms with E-state index in [2.05, 4.69) is 4.98 Å². The molecular formula is C15H19ClN2O2S. The molecule has 1 aliphatic heterocycles. The molecule has 0 atom stereocenters. The minimum absolute atomic E-state index is 0.181. The minimum Gasteiger partial charge on any atom is -0.361 e. The van der Waals surface area contributed by atoms with Gasteiger partial charge in [-0.2, -0.15) is 0 Å². The normalized spacial score (nSPS) is 18.4. The molecule has 1 aliphatic rings. The van der Waals surface area contributed by atoms with E-state index in [1.165, 1.54) is 5.56 Å². The fourth-order valence-electron chi connectivity index (χ4n) is 3.08. The highest BCUT2D eigenvalue weighted by molar-refractivity contribution is 7.89. The maximum atomic E-state index is 11.9. The summed E-state index contributed by atoms with van der Waals surface area (Å²) in [6.45, 7) is 2.91. The van der Waals surface area contributed by atoms with Crippen molar-refractivity contribution in [2.75, 3.05) is 18.8 Å². The average molecular weight is 327 g/mol. The van der Waals surface area contributed by atoms with E-state index in [0.29, 0.717) is 19.0 Å². The molecule has 0 amide bonds. The predicted octanol–water partition coefficient (Wildman–Crippen LogP) is 3.35. The second-order valence-corrected chi connectivity index (χ2v) is 8.20. The Hall–Kier alpha value is -1.04. The molecular weight excluding hydrogens is 308 g/mol. The Bertz CT molecular complexity index is 746. The Balaban J connectivity index is 1.81. The molecule has 1 fully saturated rings. The second-order valence-electron chi connectivity index (χ2n) is 5.51. The molecule has 0 bridgehead atoms. The van der Waals surface area contributed by atoms with E-state index >= 15 is 0 Å². The van der Waals surface area contributed by atoms with Gasteiger partial charge in [0.1, 0.15) is 0 Å². The summed E-state index contributed by atoms with van der Waals surface area (Å²) in [6, 6.07) is 5.84. The highest BCUT2D eigenvalue weighted by Crippen LogP contribution is 2.34. The number of nitrogens with zero attached hydrogens (tertiary/aromatic N) is 1. The first-order valence-corrected chi connectivity index (χ1v) is 9.24. The van der Waals surface area contributed by atoms with Crippen molar-refractivity contribution in [2.45, 2.75) is 25.7 Å². The van der Waals surface area contributed by atoms with E-state index in [9.17, 15) is 8.42 Å². The number of aromatic amines is 1. The molecule has 2 heterocycles. The summed E-state index contributed by atoms with van der Waals surface area (Å²) in [7, 11) is -3.06. The molecule has 0 radical (unpaired) electrons. The number of rotatable bonds is 3. The first-order valence-electron chi connectivity index (χ1n) is 7.25. The Kier molecular flexibility index (Phi) is 3.99. The van der Waals surface area contributed by atoms with Crippen LogP contribution in [0.15, 0.2) is 24.4 Å². The molecule has 1 N–H and O–H groups in total. The van der Waals surface area contributed by atoms with E-state index in [4.69, 9.17) is 11.6 Å². The molecule has 3 rings (SSSR count). The van der Waals surface area contributed by atoms with Crippen LogP contribution in [0.1, 0.15) is 31.2 Å². The number of benzene rings is 1. The van der Waals surface area contributed by atoms with Gasteiger partial charge in [-0.25, -0.2) is 12.7 Å². The molecule has 0 saturated carbocycles. The molecule has 4 nitrogen and oxygen atoms in total. The van der Waals surface area contributed by atoms with Crippen molar-refractivity contribution in [3.05, 3.63) is 35.0 Å². The van der Waals surface area contributed by atoms with Crippen molar-refractivity contribution in [3.63, 3.8) is 0 Å². The lowest BCUT2D eigenvalue weighted by Gasteiger charge is -2.30. The number of H-pyrrole nitrogens is 1. The van der Waals surface area contributed by atoms with Gasteiger partial charge in [-0.15, -0.1) is 0 Å². The highest BCUT2D eigenvalue weighted by atomic mass is 35.5. The van der Waals surface area contributed by atoms with Crippen LogP contribution in [0.5, 0.6) is 0 Å². The van der Waals surface area contributed by atoms with E-state index < -0.39 is 10.0 Å². The zero-order chi connectivity index (χ0) is 15.0. The van der Waals surface area contributed by atoms with Gasteiger partial charge in [0.05, 0.1) is 5.75 Å². The van der Waals surface area contributed by atoms with Crippen LogP contribution >= 0.6 is 11.6 Å². The van der Waals surface area contributed by atoms with Crippen molar-refractivity contribution in [1.82, 2.24) is 9.29 Å². The number of piperidine rings is 1. The summed E-state index contributed by atoms with van der Waals surface area (Å²) < 4.78 is 25.4. The zero-order valence-corrected chi connectivity index (χ0v) is 13.5. The molecule has 6 heteroatoms. The number of hydrogen-bond donors (Lipinski definition) is 1. The number of halogens is 1. The summed E-state index contributed by atoms with van der Waals surface area (Å²) in [4.78, 5) is 3.27. The molecule has 0 aliphatic carbocycles. The smallest absolute Gasteiger partial charge is 0.213 e. The number of fused-ring (bicyclic) bond motifs is 1. The number of aromatic nitrogens is 1. The first-order chi connectivity index (χ1) is 10.0. The van der Waals surface area contributed by atoms with Gasteiger partial charge in [-0.1, -0.05) is 11.6 Å². The number of nitrogens with one attached hydrogen (secondary N) is 1. The Labute approximate surface area is 130 Å². The van der Waals surface area contributed by atoms with E-state index in [1.54, 1.807) is 11.2 Å². The number of hydrogen-bond acceptors (Lipinski definition) is 2. The molecule has 0 spiro atoms. The van der Waals surface area contributed by atoms with Crippen LogP contribution in [0, 0.1) is 0 Å². The van der Waals surface area contributed by atoms with Gasteiger partial charge in [0.25, 0.3) is 0 Å². The molecule has 2 aromatic rings. The largest absolute Gasteiger partial charge is 0.361 e. The van der Waals surface area contributed by atoms with Crippen LogP contribution in [0.2, 0.25) is 5.02 Å². The van der Waals surface area contributed by atoms with Crippen LogP contribution in [0.3, 0.4) is 0 Å². The van der Waals surface area contributed by atoms with Crippen molar-refractivity contribution in [1.29, 1.82) is 0 Å². The van der Waals surface area contributed by atoms with Crippen LogP contribution in [-0.2, 0) is 10.0 Å². The summed E-state index contributed by atoms with van der Waals surface area (Å²) >= 11 is 6.09. The SMILES string of the molecule is CCS(=O)(=O)N1CCC(c2c[nH]c3ccc(Cl)cc23)CC1. The van der Waals surface area contributed by atoms with E-state index in [1.807, 2.05) is 24.4 Å². The third-order valence-electron chi connectivity index (χ3n) is 4.33. The quantitative estimate of drug-likeness (QED) is 0.940. The maximum Gasteiger partial charge on any atom is 0.213 e. The number of sulfonamides is 1. The summed E-state index contributed by atoms with van der Waals surface area (Å²) in [5.74, 6) is 0.570. The topological polar surface area (TPSA) is 53.2 Å². The van der Waals surface area contributed by atoms with Gasteiger partial charge in [-0.05, 0) is 49.4 Å². The Morgan fingerprint density at radius 1 is 1.33 bits per heavy atom. The van der Waals surface area contributed by atoms with Crippen LogP contribution < -0.4 is 0 Å². The van der Waals surface area contributed by atoms with Crippen molar-refractivity contribution in [3.8, 4) is 0 Å². The van der Waals surface area contributed by atoms with Crippen molar-refractivity contribution in [2.24, 2.45) is 0 Å². The Morgan fingerprint density at radius 3 is 2.71 bits per heavy atom. The first kappa shape index (κ1) is 14.9. The van der Waals surface area contributed by atoms with Crippen molar-refractivity contribution < 1.29 is 8.42 Å². The highest BCUT2D eigenvalue weighted by Gasteiger charge is 2.28. The van der Waals surface area contributed by atoms with E-state index in [-0.39, 0.29) is 5.75 Å². The van der Waals surface area contributed by atoms with Crippen LogP contribution in [0.4, 0.5) is 0 Å². The maximum absolute atomic E-state index is 11.9. The molecule has 114 valence electrons. The van der Waals surface area contributed by atoms with Gasteiger partial charge in [0.15, 0.2) is 0 Å². The van der Waals surface area contributed by atoms with Gasteiger partial charge in [0.2, 0.25) is 10.0 Å². The van der Waals surface area contributed by atoms with Crippen molar-refractivity contribution >= 4 is 32.5 Å². The molecule has 1 aromatic carbocycles. The summed E-state index contributed by atoms with van der Waals surface area (Å²) in [5, 5.41) is 1.88. The minimum atomic E-state index is -3.06. The van der Waals surface area contributed by atoms with Crippen LogP contribution in [-0.4, -0.2) is 36.5 Å². The zero-order valence-electron chi connectivity index (χ0n) is 12.0. The van der Waals surface area contributed by atoms with Gasteiger partial charge >= 0.3 is 0 Å². The molecule has 21 heavy (non-hydrogen) atoms. The molecule has 1 aromatic heterocycles. The molecule has 0 unspecified atom stereocenters. The molecule has 1 saturated heterocycles. The second kappa shape index (κ2) is 5.63. The standard InChI is InChI=1S/C15H19ClN2O2S/c1-2-21(19,20)18-7-5-11(6-8-18)14-10-17-15-4-3-12(16)9-13(14)15/h3-4,9-11,17H,2,5-8H2,1H3. The predicted molar refractivity (Wildman–Crippen MR) is 86.3 cm³/mol. The lowest BCUT2D eigenvalue weighted by atomic mass is 9.90. The fraction of sp³-hybridized carbons (Fsp3) is 0.467. The average Bonchev–Trinajstić information content (AvgIpc) is 2.90.